The minimum absolute atomic E-state index is 0.807. The van der Waals surface area contributed by atoms with Crippen LogP contribution in [0.1, 0.15) is 11.1 Å². The molecule has 0 spiro atoms. The zero-order valence-electron chi connectivity index (χ0n) is 10.8. The topological polar surface area (TPSA) is 38.9 Å². The van der Waals surface area contributed by atoms with E-state index in [1.807, 2.05) is 12.1 Å². The molecule has 3 rings (SSSR count). The van der Waals surface area contributed by atoms with E-state index in [4.69, 9.17) is 5.73 Å². The molecule has 0 unspecified atom stereocenters. The second kappa shape index (κ2) is 4.87. The van der Waals surface area contributed by atoms with Gasteiger partial charge < -0.3 is 5.73 Å². The first-order valence-electron chi connectivity index (χ1n) is 6.03. The number of anilines is 1. The lowest BCUT2D eigenvalue weighted by Gasteiger charge is -2.03. The Morgan fingerprint density at radius 1 is 1.11 bits per heavy atom. The second-order valence-corrected chi connectivity index (χ2v) is 6.90. The van der Waals surface area contributed by atoms with Crippen LogP contribution in [-0.2, 0) is 0 Å². The summed E-state index contributed by atoms with van der Waals surface area (Å²) in [6.07, 6.45) is 0. The van der Waals surface area contributed by atoms with Gasteiger partial charge in [0, 0.05) is 10.6 Å². The first-order valence-corrected chi connectivity index (χ1v) is 7.66. The maximum absolute atomic E-state index is 5.78. The van der Waals surface area contributed by atoms with Crippen LogP contribution in [0.25, 0.3) is 10.2 Å². The molecular formula is C15H14N2S2. The van der Waals surface area contributed by atoms with Crippen molar-refractivity contribution in [3.05, 3.63) is 47.5 Å². The van der Waals surface area contributed by atoms with Gasteiger partial charge in [-0.05, 0) is 55.3 Å². The standard InChI is InChI=1S/C15H14N2S2/c1-9-3-5-14-12(7-9)17-15(19-14)18-13-6-4-11(16)8-10(13)2/h3-8H,16H2,1-2H3. The Bertz CT molecular complexity index is 747. The van der Waals surface area contributed by atoms with E-state index in [-0.39, 0.29) is 0 Å². The Kier molecular flexibility index (Phi) is 3.21. The van der Waals surface area contributed by atoms with E-state index in [1.54, 1.807) is 23.1 Å². The summed E-state index contributed by atoms with van der Waals surface area (Å²) >= 11 is 3.44. The number of thiazole rings is 1. The number of nitrogen functional groups attached to an aromatic ring is 1. The van der Waals surface area contributed by atoms with Crippen LogP contribution in [0.4, 0.5) is 5.69 Å². The van der Waals surface area contributed by atoms with Crippen molar-refractivity contribution in [3.8, 4) is 0 Å². The first-order chi connectivity index (χ1) is 9.11. The van der Waals surface area contributed by atoms with Crippen molar-refractivity contribution in [3.63, 3.8) is 0 Å². The number of aromatic nitrogens is 1. The highest BCUT2D eigenvalue weighted by molar-refractivity contribution is 8.01. The fraction of sp³-hybridized carbons (Fsp3) is 0.133. The molecule has 96 valence electrons. The average molecular weight is 286 g/mol. The molecule has 0 atom stereocenters. The van der Waals surface area contributed by atoms with E-state index in [2.05, 4.69) is 43.1 Å². The number of benzene rings is 2. The highest BCUT2D eigenvalue weighted by atomic mass is 32.2. The number of nitrogens with two attached hydrogens (primary N) is 1. The Balaban J connectivity index is 1.96. The van der Waals surface area contributed by atoms with Gasteiger partial charge in [-0.2, -0.15) is 0 Å². The van der Waals surface area contributed by atoms with E-state index in [1.165, 1.54) is 20.7 Å². The molecule has 0 aliphatic rings. The second-order valence-electron chi connectivity index (χ2n) is 4.58. The molecule has 1 heterocycles. The Hall–Kier alpha value is -1.52. The normalized spacial score (nSPS) is 11.1. The van der Waals surface area contributed by atoms with Gasteiger partial charge in [-0.3, -0.25) is 0 Å². The van der Waals surface area contributed by atoms with E-state index in [9.17, 15) is 0 Å². The molecule has 0 saturated carbocycles. The Morgan fingerprint density at radius 3 is 2.74 bits per heavy atom. The monoisotopic (exact) mass is 286 g/mol. The van der Waals surface area contributed by atoms with Crippen molar-refractivity contribution >= 4 is 39.0 Å². The van der Waals surface area contributed by atoms with Crippen LogP contribution >= 0.6 is 23.1 Å². The summed E-state index contributed by atoms with van der Waals surface area (Å²) in [5.74, 6) is 0. The van der Waals surface area contributed by atoms with Gasteiger partial charge in [-0.1, -0.05) is 17.8 Å². The highest BCUT2D eigenvalue weighted by Gasteiger charge is 2.07. The molecule has 0 amide bonds. The summed E-state index contributed by atoms with van der Waals surface area (Å²) < 4.78 is 2.31. The van der Waals surface area contributed by atoms with E-state index < -0.39 is 0 Å². The number of hydrogen-bond donors (Lipinski definition) is 1. The lowest BCUT2D eigenvalue weighted by molar-refractivity contribution is 1.26. The van der Waals surface area contributed by atoms with Crippen LogP contribution in [0.3, 0.4) is 0 Å². The summed E-state index contributed by atoms with van der Waals surface area (Å²) in [6.45, 7) is 4.17. The van der Waals surface area contributed by atoms with Gasteiger partial charge in [-0.15, -0.1) is 11.3 Å². The van der Waals surface area contributed by atoms with Gasteiger partial charge in [0.15, 0.2) is 4.34 Å². The largest absolute Gasteiger partial charge is 0.399 e. The van der Waals surface area contributed by atoms with Crippen molar-refractivity contribution in [1.29, 1.82) is 0 Å². The Labute approximate surface area is 120 Å². The SMILES string of the molecule is Cc1ccc2sc(Sc3ccc(N)cc3C)nc2c1. The molecule has 1 aromatic heterocycles. The van der Waals surface area contributed by atoms with E-state index >= 15 is 0 Å². The summed E-state index contributed by atoms with van der Waals surface area (Å²) in [7, 11) is 0. The van der Waals surface area contributed by atoms with Crippen LogP contribution in [0.2, 0.25) is 0 Å². The van der Waals surface area contributed by atoms with E-state index in [0.29, 0.717) is 0 Å². The predicted molar refractivity (Wildman–Crippen MR) is 84.1 cm³/mol. The molecule has 0 bridgehead atoms. The average Bonchev–Trinajstić information content (AvgIpc) is 2.74. The summed E-state index contributed by atoms with van der Waals surface area (Å²) in [5.41, 5.74) is 10.1. The van der Waals surface area contributed by atoms with Crippen molar-refractivity contribution in [1.82, 2.24) is 4.98 Å². The fourth-order valence-corrected chi connectivity index (χ4v) is 4.01. The van der Waals surface area contributed by atoms with Gasteiger partial charge in [-0.25, -0.2) is 4.98 Å². The molecule has 0 aliphatic carbocycles. The zero-order valence-corrected chi connectivity index (χ0v) is 12.4. The molecule has 0 aliphatic heterocycles. The number of fused-ring (bicyclic) bond motifs is 1. The zero-order chi connectivity index (χ0) is 13.4. The third kappa shape index (κ3) is 2.60. The quantitative estimate of drug-likeness (QED) is 0.697. The van der Waals surface area contributed by atoms with Crippen LogP contribution in [0, 0.1) is 13.8 Å². The lowest BCUT2D eigenvalue weighted by atomic mass is 10.2. The van der Waals surface area contributed by atoms with E-state index in [0.717, 1.165) is 15.5 Å². The molecule has 0 radical (unpaired) electrons. The molecule has 2 aromatic carbocycles. The minimum atomic E-state index is 0.807. The minimum Gasteiger partial charge on any atom is -0.399 e. The molecule has 2 N–H and O–H groups in total. The van der Waals surface area contributed by atoms with Crippen LogP contribution < -0.4 is 5.73 Å². The van der Waals surface area contributed by atoms with Gasteiger partial charge >= 0.3 is 0 Å². The molecular weight excluding hydrogens is 272 g/mol. The Morgan fingerprint density at radius 2 is 1.95 bits per heavy atom. The number of hydrogen-bond acceptors (Lipinski definition) is 4. The fourth-order valence-electron chi connectivity index (χ4n) is 1.94. The number of aryl methyl sites for hydroxylation is 2. The van der Waals surface area contributed by atoms with Gasteiger partial charge in [0.2, 0.25) is 0 Å². The predicted octanol–water partition coefficient (Wildman–Crippen LogP) is 4.65. The van der Waals surface area contributed by atoms with Crippen LogP contribution in [-0.4, -0.2) is 4.98 Å². The van der Waals surface area contributed by atoms with Gasteiger partial charge in [0.05, 0.1) is 10.2 Å². The smallest absolute Gasteiger partial charge is 0.155 e. The third-order valence-electron chi connectivity index (χ3n) is 2.92. The molecule has 19 heavy (non-hydrogen) atoms. The number of nitrogens with zero attached hydrogens (tertiary/aromatic N) is 1. The van der Waals surface area contributed by atoms with Crippen molar-refractivity contribution in [2.75, 3.05) is 5.73 Å². The van der Waals surface area contributed by atoms with Gasteiger partial charge in [0.1, 0.15) is 0 Å². The molecule has 3 aromatic rings. The maximum Gasteiger partial charge on any atom is 0.155 e. The highest BCUT2D eigenvalue weighted by Crippen LogP contribution is 2.36. The first kappa shape index (κ1) is 12.5. The summed E-state index contributed by atoms with van der Waals surface area (Å²) in [5, 5.41) is 0. The molecule has 2 nitrogen and oxygen atoms in total. The van der Waals surface area contributed by atoms with Crippen molar-refractivity contribution in [2.24, 2.45) is 0 Å². The van der Waals surface area contributed by atoms with Gasteiger partial charge in [0.25, 0.3) is 0 Å². The number of rotatable bonds is 2. The van der Waals surface area contributed by atoms with Crippen molar-refractivity contribution < 1.29 is 0 Å². The van der Waals surface area contributed by atoms with Crippen LogP contribution in [0.15, 0.2) is 45.6 Å². The summed E-state index contributed by atoms with van der Waals surface area (Å²) in [6, 6.07) is 12.4. The third-order valence-corrected chi connectivity index (χ3v) is 5.19. The maximum atomic E-state index is 5.78. The van der Waals surface area contributed by atoms with Crippen molar-refractivity contribution in [2.45, 2.75) is 23.1 Å². The molecule has 4 heteroatoms. The van der Waals surface area contributed by atoms with Crippen LogP contribution in [0.5, 0.6) is 0 Å². The molecule has 0 saturated heterocycles. The summed E-state index contributed by atoms with van der Waals surface area (Å²) in [4.78, 5) is 5.90. The lowest BCUT2D eigenvalue weighted by Crippen LogP contribution is -1.86. The molecule has 0 fully saturated rings.